The molecule has 0 aromatic heterocycles. The van der Waals surface area contributed by atoms with E-state index in [4.69, 9.17) is 9.47 Å². The molecule has 1 fully saturated rings. The van der Waals surface area contributed by atoms with E-state index in [2.05, 4.69) is 13.8 Å². The summed E-state index contributed by atoms with van der Waals surface area (Å²) in [4.78, 5) is 0. The number of hydrogen-bond acceptors (Lipinski definition) is 2. The predicted molar refractivity (Wildman–Crippen MR) is 125 cm³/mol. The Morgan fingerprint density at radius 1 is 0.586 bits per heavy atom. The van der Waals surface area contributed by atoms with E-state index in [1.807, 2.05) is 24.3 Å². The summed E-state index contributed by atoms with van der Waals surface area (Å²) in [5.41, 5.74) is 0. The lowest BCUT2D eigenvalue weighted by atomic mass is 9.78. The third-order valence-electron chi connectivity index (χ3n) is 6.55. The average molecular weight is 403 g/mol. The quantitative estimate of drug-likeness (QED) is 0.258. The van der Waals surface area contributed by atoms with Crippen LogP contribution in [0.25, 0.3) is 0 Å². The van der Waals surface area contributed by atoms with E-state index in [9.17, 15) is 0 Å². The molecule has 2 nitrogen and oxygen atoms in total. The molecule has 1 aliphatic carbocycles. The summed E-state index contributed by atoms with van der Waals surface area (Å²) in [5.74, 6) is 3.89. The monoisotopic (exact) mass is 402 g/mol. The Morgan fingerprint density at radius 3 is 1.59 bits per heavy atom. The third-order valence-corrected chi connectivity index (χ3v) is 6.55. The molecule has 2 rings (SSSR count). The topological polar surface area (TPSA) is 18.5 Å². The van der Waals surface area contributed by atoms with Gasteiger partial charge in [-0.25, -0.2) is 0 Å². The zero-order valence-corrected chi connectivity index (χ0v) is 19.3. The number of hydrogen-bond donors (Lipinski definition) is 0. The standard InChI is InChI=1S/C27H46O2/c1-3-5-7-8-10-22-28-26-18-20-27(21-19-26)29-23-11-13-25-16-14-24(15-17-25)12-9-6-4-2/h18-21,24-25H,3-17,22-23H2,1-2H3. The molecule has 0 N–H and O–H groups in total. The summed E-state index contributed by atoms with van der Waals surface area (Å²) in [5, 5.41) is 0. The van der Waals surface area contributed by atoms with Crippen molar-refractivity contribution in [1.82, 2.24) is 0 Å². The van der Waals surface area contributed by atoms with Gasteiger partial charge in [-0.2, -0.15) is 0 Å². The Morgan fingerprint density at radius 2 is 1.03 bits per heavy atom. The average Bonchev–Trinajstić information content (AvgIpc) is 2.76. The molecule has 166 valence electrons. The summed E-state index contributed by atoms with van der Waals surface area (Å²) in [6.45, 7) is 6.22. The molecule has 0 unspecified atom stereocenters. The maximum Gasteiger partial charge on any atom is 0.119 e. The molecule has 1 aliphatic rings. The van der Waals surface area contributed by atoms with Crippen LogP contribution in [-0.4, -0.2) is 13.2 Å². The van der Waals surface area contributed by atoms with Crippen LogP contribution in [0.5, 0.6) is 11.5 Å². The molecular weight excluding hydrogens is 356 g/mol. The molecule has 0 atom stereocenters. The molecule has 1 saturated carbocycles. The van der Waals surface area contributed by atoms with Crippen molar-refractivity contribution >= 4 is 0 Å². The molecule has 29 heavy (non-hydrogen) atoms. The van der Waals surface area contributed by atoms with Gasteiger partial charge in [0.25, 0.3) is 0 Å². The van der Waals surface area contributed by atoms with Gasteiger partial charge in [-0.3, -0.25) is 0 Å². The van der Waals surface area contributed by atoms with E-state index in [1.54, 1.807) is 0 Å². The van der Waals surface area contributed by atoms with Crippen LogP contribution < -0.4 is 9.47 Å². The molecule has 2 heteroatoms. The summed E-state index contributed by atoms with van der Waals surface area (Å²) >= 11 is 0. The van der Waals surface area contributed by atoms with E-state index >= 15 is 0 Å². The van der Waals surface area contributed by atoms with Crippen LogP contribution in [0.3, 0.4) is 0 Å². The lowest BCUT2D eigenvalue weighted by Crippen LogP contribution is -2.15. The second-order valence-corrected chi connectivity index (χ2v) is 9.11. The minimum Gasteiger partial charge on any atom is -0.494 e. The van der Waals surface area contributed by atoms with E-state index in [-0.39, 0.29) is 0 Å². The number of unbranched alkanes of at least 4 members (excludes halogenated alkanes) is 6. The lowest BCUT2D eigenvalue weighted by molar-refractivity contribution is 0.228. The van der Waals surface area contributed by atoms with Gasteiger partial charge in [0.1, 0.15) is 11.5 Å². The third kappa shape index (κ3) is 11.0. The van der Waals surface area contributed by atoms with Crippen LogP contribution in [-0.2, 0) is 0 Å². The highest BCUT2D eigenvalue weighted by Gasteiger charge is 2.20. The van der Waals surface area contributed by atoms with Crippen molar-refractivity contribution in [3.8, 4) is 11.5 Å². The lowest BCUT2D eigenvalue weighted by Gasteiger charge is -2.28. The van der Waals surface area contributed by atoms with Gasteiger partial charge in [-0.1, -0.05) is 90.9 Å². The van der Waals surface area contributed by atoms with Gasteiger partial charge >= 0.3 is 0 Å². The fourth-order valence-electron chi connectivity index (χ4n) is 4.58. The van der Waals surface area contributed by atoms with E-state index in [1.165, 1.54) is 89.9 Å². The largest absolute Gasteiger partial charge is 0.494 e. The van der Waals surface area contributed by atoms with Crippen LogP contribution in [0, 0.1) is 11.8 Å². The normalized spacial score (nSPS) is 19.2. The zero-order chi connectivity index (χ0) is 20.6. The summed E-state index contributed by atoms with van der Waals surface area (Å²) < 4.78 is 11.8. The summed E-state index contributed by atoms with van der Waals surface area (Å²) in [6, 6.07) is 8.18. The van der Waals surface area contributed by atoms with E-state index < -0.39 is 0 Å². The Balaban J connectivity index is 1.49. The SMILES string of the molecule is CCCCCCCOc1ccc(OCCCC2CCC(CCCCC)CC2)cc1. The van der Waals surface area contributed by atoms with E-state index in [0.29, 0.717) is 0 Å². The summed E-state index contributed by atoms with van der Waals surface area (Å²) in [7, 11) is 0. The van der Waals surface area contributed by atoms with Crippen molar-refractivity contribution in [3.05, 3.63) is 24.3 Å². The van der Waals surface area contributed by atoms with Crippen molar-refractivity contribution in [1.29, 1.82) is 0 Å². The molecule has 0 saturated heterocycles. The molecule has 1 aromatic carbocycles. The Kier molecular flexibility index (Phi) is 13.0. The fourth-order valence-corrected chi connectivity index (χ4v) is 4.58. The Labute approximate surface area is 180 Å². The first-order chi connectivity index (χ1) is 14.3. The summed E-state index contributed by atoms with van der Waals surface area (Å²) in [6.07, 6.45) is 20.4. The maximum atomic E-state index is 5.95. The number of rotatable bonds is 16. The van der Waals surface area contributed by atoms with Gasteiger partial charge in [0.2, 0.25) is 0 Å². The Bertz CT molecular complexity index is 488. The van der Waals surface area contributed by atoms with Crippen LogP contribution in [0.2, 0.25) is 0 Å². The molecule has 0 spiro atoms. The van der Waals surface area contributed by atoms with Gasteiger partial charge in [0.15, 0.2) is 0 Å². The van der Waals surface area contributed by atoms with Gasteiger partial charge in [-0.05, 0) is 55.4 Å². The molecule has 0 amide bonds. The fraction of sp³-hybridized carbons (Fsp3) is 0.778. The van der Waals surface area contributed by atoms with Gasteiger partial charge in [0.05, 0.1) is 13.2 Å². The highest BCUT2D eigenvalue weighted by Crippen LogP contribution is 2.34. The highest BCUT2D eigenvalue weighted by atomic mass is 16.5. The zero-order valence-electron chi connectivity index (χ0n) is 19.3. The number of ether oxygens (including phenoxy) is 2. The van der Waals surface area contributed by atoms with Crippen LogP contribution in [0.1, 0.15) is 110 Å². The van der Waals surface area contributed by atoms with Crippen LogP contribution in [0.15, 0.2) is 24.3 Å². The van der Waals surface area contributed by atoms with Crippen LogP contribution >= 0.6 is 0 Å². The van der Waals surface area contributed by atoms with Crippen molar-refractivity contribution in [2.24, 2.45) is 11.8 Å². The first kappa shape index (κ1) is 24.1. The van der Waals surface area contributed by atoms with Crippen LogP contribution in [0.4, 0.5) is 0 Å². The first-order valence-electron chi connectivity index (χ1n) is 12.7. The van der Waals surface area contributed by atoms with Crippen molar-refractivity contribution < 1.29 is 9.47 Å². The molecule has 0 bridgehead atoms. The second kappa shape index (κ2) is 15.6. The molecular formula is C27H46O2. The van der Waals surface area contributed by atoms with Crippen molar-refractivity contribution in [2.75, 3.05) is 13.2 Å². The van der Waals surface area contributed by atoms with E-state index in [0.717, 1.165) is 43.0 Å². The number of benzene rings is 1. The maximum absolute atomic E-state index is 5.95. The van der Waals surface area contributed by atoms with Crippen molar-refractivity contribution in [3.63, 3.8) is 0 Å². The van der Waals surface area contributed by atoms with Gasteiger partial charge < -0.3 is 9.47 Å². The first-order valence-corrected chi connectivity index (χ1v) is 12.7. The molecule has 0 aliphatic heterocycles. The minimum atomic E-state index is 0.824. The minimum absolute atomic E-state index is 0.824. The van der Waals surface area contributed by atoms with Crippen molar-refractivity contribution in [2.45, 2.75) is 110 Å². The Hall–Kier alpha value is -1.18. The molecule has 0 radical (unpaired) electrons. The smallest absolute Gasteiger partial charge is 0.119 e. The highest BCUT2D eigenvalue weighted by molar-refractivity contribution is 5.31. The molecule has 1 aromatic rings. The van der Waals surface area contributed by atoms with Gasteiger partial charge in [0, 0.05) is 0 Å². The molecule has 0 heterocycles. The predicted octanol–water partition coefficient (Wildman–Crippen LogP) is 8.58. The second-order valence-electron chi connectivity index (χ2n) is 9.11. The van der Waals surface area contributed by atoms with Gasteiger partial charge in [-0.15, -0.1) is 0 Å².